The van der Waals surface area contributed by atoms with Gasteiger partial charge >= 0.3 is 0 Å². The van der Waals surface area contributed by atoms with Crippen LogP contribution < -0.4 is 22.1 Å². The average Bonchev–Trinajstić information content (AvgIpc) is 2.97. The molecule has 0 spiro atoms. The maximum Gasteiger partial charge on any atom is 0.251 e. The molecule has 42 heavy (non-hydrogen) atoms. The molecule has 17 nitrogen and oxygen atoms in total. The molecule has 0 radical (unpaired) electrons. The van der Waals surface area contributed by atoms with Crippen molar-refractivity contribution in [2.24, 2.45) is 11.5 Å². The molecule has 14 N–H and O–H groups in total. The zero-order chi connectivity index (χ0) is 31.8. The first-order chi connectivity index (χ1) is 20.0. The van der Waals surface area contributed by atoms with Gasteiger partial charge in [-0.3, -0.25) is 4.79 Å². The van der Waals surface area contributed by atoms with E-state index in [-0.39, 0.29) is 32.6 Å². The van der Waals surface area contributed by atoms with Gasteiger partial charge in [0.1, 0.15) is 18.3 Å². The number of nitrogens with two attached hydrogens (primary N) is 2. The third kappa shape index (κ3) is 12.8. The van der Waals surface area contributed by atoms with Crippen LogP contribution in [0.4, 0.5) is 4.53 Å². The Kier molecular flexibility index (Phi) is 19.1. The topological polar surface area (TPSA) is 292 Å². The summed E-state index contributed by atoms with van der Waals surface area (Å²) < 4.78 is 27.6. The maximum atomic E-state index is 12.0. The van der Waals surface area contributed by atoms with E-state index in [9.17, 15) is 29.7 Å². The molecule has 1 aliphatic carbocycles. The molecule has 0 aromatic heterocycles. The Bertz CT molecular complexity index is 724. The van der Waals surface area contributed by atoms with Gasteiger partial charge < -0.3 is 77.2 Å². The number of aliphatic hydroxyl groups is 8. The van der Waals surface area contributed by atoms with Crippen LogP contribution in [0.5, 0.6) is 0 Å². The summed E-state index contributed by atoms with van der Waals surface area (Å²) in [7, 11) is 1.00. The van der Waals surface area contributed by atoms with Crippen LogP contribution in [-0.2, 0) is 23.9 Å². The molecule has 0 aromatic carbocycles. The minimum absolute atomic E-state index is 0.00560. The molecule has 18 heteroatoms. The maximum absolute atomic E-state index is 12.0. The van der Waals surface area contributed by atoms with Crippen molar-refractivity contribution < 1.29 is 69.3 Å². The first kappa shape index (κ1) is 38.8. The van der Waals surface area contributed by atoms with Crippen LogP contribution in [0.25, 0.3) is 0 Å². The molecule has 0 aromatic rings. The zero-order valence-corrected chi connectivity index (χ0v) is 23.7. The summed E-state index contributed by atoms with van der Waals surface area (Å²) in [5.41, 5.74) is 11.4. The fraction of sp³-hybridized carbons (Fsp3) is 0.958. The van der Waals surface area contributed by atoms with Gasteiger partial charge in [0.05, 0.1) is 37.6 Å². The van der Waals surface area contributed by atoms with Crippen LogP contribution >= 0.6 is 0 Å². The van der Waals surface area contributed by atoms with Gasteiger partial charge in [-0.1, -0.05) is 0 Å². The van der Waals surface area contributed by atoms with Crippen molar-refractivity contribution in [1.82, 2.24) is 10.6 Å². The lowest BCUT2D eigenvalue weighted by atomic mass is 9.86. The summed E-state index contributed by atoms with van der Waals surface area (Å²) in [5.74, 6) is -0.778. The first-order valence-corrected chi connectivity index (χ1v) is 13.8. The summed E-state index contributed by atoms with van der Waals surface area (Å²) in [4.78, 5) is 15.3. The molecule has 3 rings (SSSR count). The van der Waals surface area contributed by atoms with Crippen molar-refractivity contribution in [2.75, 3.05) is 40.0 Å². The fourth-order valence-corrected chi connectivity index (χ4v) is 4.66. The highest BCUT2D eigenvalue weighted by molar-refractivity contribution is 5.81. The highest BCUT2D eigenvalue weighted by Gasteiger charge is 2.40. The lowest BCUT2D eigenvalue weighted by Gasteiger charge is -2.42. The van der Waals surface area contributed by atoms with Crippen molar-refractivity contribution in [3.8, 4) is 0 Å². The van der Waals surface area contributed by atoms with E-state index in [2.05, 4.69) is 20.3 Å². The Balaban J connectivity index is 0.000000613. The molecule has 3 fully saturated rings. The van der Waals surface area contributed by atoms with Gasteiger partial charge in [0.25, 0.3) is 5.91 Å². The molecule has 3 aliphatic rings. The van der Waals surface area contributed by atoms with E-state index < -0.39 is 79.4 Å². The lowest BCUT2D eigenvalue weighted by molar-refractivity contribution is -0.324. The van der Waals surface area contributed by atoms with Crippen molar-refractivity contribution in [2.45, 2.75) is 106 Å². The Hall–Kier alpha value is -1.20. The third-order valence-electron chi connectivity index (χ3n) is 6.87. The predicted octanol–water partition coefficient (Wildman–Crippen LogP) is -5.57. The molecule has 9 unspecified atom stereocenters. The number of carbonyl (C=O) groups is 1. The summed E-state index contributed by atoms with van der Waals surface area (Å²) in [6, 6.07) is -1.09. The molecule has 0 bridgehead atoms. The number of hydrogen-bond donors (Lipinski definition) is 12. The Morgan fingerprint density at radius 1 is 1.07 bits per heavy atom. The van der Waals surface area contributed by atoms with Gasteiger partial charge in [-0.2, -0.15) is 4.94 Å². The summed E-state index contributed by atoms with van der Waals surface area (Å²) in [5, 5.41) is 78.9. The van der Waals surface area contributed by atoms with Gasteiger partial charge in [0.15, 0.2) is 12.4 Å². The van der Waals surface area contributed by atoms with Crippen LogP contribution in [0, 0.1) is 0 Å². The van der Waals surface area contributed by atoms with Crippen LogP contribution in [0.15, 0.2) is 0 Å². The molecular formula is C24H49FN4O13. The molecule has 1 amide bonds. The van der Waals surface area contributed by atoms with Crippen LogP contribution in [0.3, 0.4) is 0 Å². The molecular weight excluding hydrogens is 571 g/mol. The zero-order valence-electron chi connectivity index (χ0n) is 23.7. The van der Waals surface area contributed by atoms with Crippen molar-refractivity contribution >= 4 is 5.91 Å². The van der Waals surface area contributed by atoms with E-state index in [1.807, 2.05) is 0 Å². The monoisotopic (exact) mass is 620 g/mol. The summed E-state index contributed by atoms with van der Waals surface area (Å²) in [6.45, 7) is 0.460. The van der Waals surface area contributed by atoms with E-state index >= 15 is 0 Å². The van der Waals surface area contributed by atoms with Crippen LogP contribution in [0.1, 0.15) is 32.1 Å². The molecule has 2 heterocycles. The van der Waals surface area contributed by atoms with Gasteiger partial charge in [0, 0.05) is 51.7 Å². The van der Waals surface area contributed by atoms with Crippen LogP contribution in [-0.4, -0.2) is 160 Å². The third-order valence-corrected chi connectivity index (χ3v) is 6.87. The highest BCUT2D eigenvalue weighted by atomic mass is 19.3. The number of amides is 1. The Morgan fingerprint density at radius 3 is 2.33 bits per heavy atom. The molecule has 250 valence electrons. The molecule has 12 atom stereocenters. The van der Waals surface area contributed by atoms with Crippen LogP contribution in [0.2, 0.25) is 0 Å². The van der Waals surface area contributed by atoms with Crippen molar-refractivity contribution in [3.63, 3.8) is 0 Å². The van der Waals surface area contributed by atoms with Crippen molar-refractivity contribution in [3.05, 3.63) is 0 Å². The second-order valence-electron chi connectivity index (χ2n) is 10.2. The first-order valence-electron chi connectivity index (χ1n) is 13.8. The average molecular weight is 621 g/mol. The number of rotatable bonds is 11. The van der Waals surface area contributed by atoms with E-state index in [4.69, 9.17) is 41.4 Å². The van der Waals surface area contributed by atoms with E-state index in [0.717, 1.165) is 7.11 Å². The van der Waals surface area contributed by atoms with Gasteiger partial charge in [-0.05, 0) is 23.8 Å². The normalized spacial score (nSPS) is 36.4. The second kappa shape index (κ2) is 20.7. The van der Waals surface area contributed by atoms with Crippen molar-refractivity contribution in [1.29, 1.82) is 0 Å². The molecule has 2 saturated heterocycles. The number of carbonyl (C=O) groups excluding carboxylic acids is 1. The second-order valence-corrected chi connectivity index (χ2v) is 10.2. The standard InChI is InChI=1S/C18H36N4O8.C5H9FO4.CH4O/c19-7-13(26)16(27)18(28)22-9-5-10(20)17(12(25)6-9)30-15-2-1-11(24)14(29-15)8-21-3-4-23;6-10-5-4(8)1-3(7)2-9-5;1-2/h9-17,21,23-27H,1-8,19-20H2,(H,22,28);3-5,7-8H,1-2H2;2H,1H3/t9?,10?,11-,12?,13?,14?,15+,16?,17+;;/m0../s1. The SMILES string of the molecule is CO.NCC(O)C(O)C(=O)NC1CC(N)[C@@H](O[C@@H]2CC[C@H](O)C(CNCCO)O2)C(O)C1.OC1COC(OF)C(O)C1. The Labute approximate surface area is 243 Å². The Morgan fingerprint density at radius 2 is 1.76 bits per heavy atom. The number of halogens is 1. The smallest absolute Gasteiger partial charge is 0.251 e. The number of ether oxygens (including phenoxy) is 3. The van der Waals surface area contributed by atoms with E-state index in [1.54, 1.807) is 0 Å². The summed E-state index contributed by atoms with van der Waals surface area (Å²) in [6.07, 6.45) is -8.10. The largest absolute Gasteiger partial charge is 0.400 e. The number of hydrogen-bond acceptors (Lipinski definition) is 16. The lowest BCUT2D eigenvalue weighted by Crippen LogP contribution is -2.59. The van der Waals surface area contributed by atoms with Gasteiger partial charge in [-0.15, -0.1) is 0 Å². The fourth-order valence-electron chi connectivity index (χ4n) is 4.66. The highest BCUT2D eigenvalue weighted by Crippen LogP contribution is 2.27. The summed E-state index contributed by atoms with van der Waals surface area (Å²) >= 11 is 0. The van der Waals surface area contributed by atoms with E-state index in [0.29, 0.717) is 32.4 Å². The minimum Gasteiger partial charge on any atom is -0.400 e. The predicted molar refractivity (Wildman–Crippen MR) is 142 cm³/mol. The molecule has 2 aliphatic heterocycles. The van der Waals surface area contributed by atoms with Gasteiger partial charge in [-0.25, -0.2) is 0 Å². The number of aliphatic hydroxyl groups excluding tert-OH is 8. The minimum atomic E-state index is -1.66. The number of nitrogens with one attached hydrogen (secondary N) is 2. The van der Waals surface area contributed by atoms with Gasteiger partial charge in [0.2, 0.25) is 6.29 Å². The van der Waals surface area contributed by atoms with E-state index in [1.165, 1.54) is 0 Å². The molecule has 1 saturated carbocycles. The quantitative estimate of drug-likeness (QED) is 0.0959.